The maximum Gasteiger partial charge on any atom is 0.227 e. The molecule has 0 spiro atoms. The van der Waals surface area contributed by atoms with Crippen LogP contribution in [0.15, 0.2) is 35.6 Å². The quantitative estimate of drug-likeness (QED) is 0.298. The Kier molecular flexibility index (Phi) is 8.29. The minimum absolute atomic E-state index is 0.0689. The summed E-state index contributed by atoms with van der Waals surface area (Å²) in [7, 11) is 1.59. The molecule has 0 saturated carbocycles. The molecule has 0 aliphatic carbocycles. The van der Waals surface area contributed by atoms with Crippen molar-refractivity contribution in [2.75, 3.05) is 42.7 Å². The predicted octanol–water partition coefficient (Wildman–Crippen LogP) is 3.18. The zero-order valence-corrected chi connectivity index (χ0v) is 22.0. The van der Waals surface area contributed by atoms with E-state index in [1.807, 2.05) is 18.2 Å². The normalized spacial score (nSPS) is 15.6. The lowest BCUT2D eigenvalue weighted by Crippen LogP contribution is -2.35. The van der Waals surface area contributed by atoms with E-state index >= 15 is 0 Å². The van der Waals surface area contributed by atoms with E-state index in [1.54, 1.807) is 40.7 Å². The standard InChI is InChI=1S/C25H33N7O3S/c1-5-36-25-29-22(27-13-16(2)3)20-14-28-32(23(20)30-25)10-9-26-24(34)17-11-21(33)31(15-17)18-7-6-8-19(12-18)35-4/h6-8,12,14,16-17H,5,9-11,13,15H2,1-4H3,(H,26,34)(H,27,29,30). The number of ether oxygens (including phenoxy) is 1. The van der Waals surface area contributed by atoms with Crippen LogP contribution in [-0.4, -0.2) is 64.1 Å². The van der Waals surface area contributed by atoms with Crippen LogP contribution in [0.25, 0.3) is 11.0 Å². The number of aromatic nitrogens is 4. The summed E-state index contributed by atoms with van der Waals surface area (Å²) >= 11 is 1.58. The molecule has 1 aliphatic rings. The molecular formula is C25H33N7O3S. The smallest absolute Gasteiger partial charge is 0.227 e. The van der Waals surface area contributed by atoms with E-state index < -0.39 is 5.92 Å². The van der Waals surface area contributed by atoms with Crippen LogP contribution in [0, 0.1) is 11.8 Å². The Balaban J connectivity index is 1.39. The van der Waals surface area contributed by atoms with E-state index in [0.29, 0.717) is 36.5 Å². The van der Waals surface area contributed by atoms with Gasteiger partial charge in [-0.2, -0.15) is 5.10 Å². The molecule has 3 aromatic rings. The van der Waals surface area contributed by atoms with Crippen LogP contribution >= 0.6 is 11.8 Å². The van der Waals surface area contributed by atoms with Crippen molar-refractivity contribution in [2.45, 2.75) is 38.9 Å². The Morgan fingerprint density at radius 3 is 2.89 bits per heavy atom. The van der Waals surface area contributed by atoms with Gasteiger partial charge in [-0.25, -0.2) is 14.6 Å². The number of methoxy groups -OCH3 is 1. The monoisotopic (exact) mass is 511 g/mol. The average molecular weight is 512 g/mol. The maximum atomic E-state index is 12.8. The Labute approximate surface area is 215 Å². The molecule has 1 saturated heterocycles. The first-order chi connectivity index (χ1) is 17.4. The Bertz CT molecular complexity index is 1230. The van der Waals surface area contributed by atoms with Crippen molar-refractivity contribution < 1.29 is 14.3 Å². The third-order valence-electron chi connectivity index (χ3n) is 5.91. The van der Waals surface area contributed by atoms with Crippen molar-refractivity contribution in [1.29, 1.82) is 0 Å². The molecule has 1 unspecified atom stereocenters. The highest BCUT2D eigenvalue weighted by Gasteiger charge is 2.35. The molecule has 1 aromatic carbocycles. The minimum Gasteiger partial charge on any atom is -0.497 e. The van der Waals surface area contributed by atoms with E-state index in [2.05, 4.69) is 41.5 Å². The van der Waals surface area contributed by atoms with Gasteiger partial charge in [-0.15, -0.1) is 0 Å². The molecule has 3 heterocycles. The van der Waals surface area contributed by atoms with Gasteiger partial charge in [0.2, 0.25) is 11.8 Å². The van der Waals surface area contributed by atoms with Crippen LogP contribution in [0.4, 0.5) is 11.5 Å². The lowest BCUT2D eigenvalue weighted by Gasteiger charge is -2.17. The van der Waals surface area contributed by atoms with Crippen molar-refractivity contribution in [1.82, 2.24) is 25.1 Å². The number of anilines is 2. The summed E-state index contributed by atoms with van der Waals surface area (Å²) in [5, 5.41) is 12.4. The second kappa shape index (κ2) is 11.6. The van der Waals surface area contributed by atoms with Crippen molar-refractivity contribution >= 4 is 46.1 Å². The van der Waals surface area contributed by atoms with Gasteiger partial charge in [-0.3, -0.25) is 9.59 Å². The van der Waals surface area contributed by atoms with E-state index in [9.17, 15) is 9.59 Å². The molecule has 10 nitrogen and oxygen atoms in total. The number of thioether (sulfide) groups is 1. The number of carbonyl (C=O) groups is 2. The zero-order valence-electron chi connectivity index (χ0n) is 21.2. The van der Waals surface area contributed by atoms with Gasteiger partial charge in [0.05, 0.1) is 31.2 Å². The highest BCUT2D eigenvalue weighted by atomic mass is 32.2. The number of hydrogen-bond acceptors (Lipinski definition) is 8. The van der Waals surface area contributed by atoms with E-state index in [4.69, 9.17) is 9.72 Å². The average Bonchev–Trinajstić information content (AvgIpc) is 3.46. The van der Waals surface area contributed by atoms with Gasteiger partial charge in [0.25, 0.3) is 0 Å². The van der Waals surface area contributed by atoms with Gasteiger partial charge >= 0.3 is 0 Å². The lowest BCUT2D eigenvalue weighted by atomic mass is 10.1. The number of fused-ring (bicyclic) bond motifs is 1. The molecule has 0 radical (unpaired) electrons. The lowest BCUT2D eigenvalue weighted by molar-refractivity contribution is -0.126. The number of amides is 2. The number of nitrogens with zero attached hydrogens (tertiary/aromatic N) is 5. The molecule has 36 heavy (non-hydrogen) atoms. The SMILES string of the molecule is CCSc1nc(NCC(C)C)c2cnn(CCNC(=O)C3CC(=O)N(c4cccc(OC)c4)C3)c2n1. The number of benzene rings is 1. The molecule has 2 aromatic heterocycles. The summed E-state index contributed by atoms with van der Waals surface area (Å²) < 4.78 is 7.05. The van der Waals surface area contributed by atoms with E-state index in [-0.39, 0.29) is 18.2 Å². The maximum absolute atomic E-state index is 12.8. The second-order valence-corrected chi connectivity index (χ2v) is 10.3. The molecule has 1 fully saturated rings. The van der Waals surface area contributed by atoms with Crippen LogP contribution in [0.1, 0.15) is 27.2 Å². The molecule has 1 aliphatic heterocycles. The van der Waals surface area contributed by atoms with Crippen molar-refractivity contribution in [3.05, 3.63) is 30.5 Å². The molecule has 1 atom stereocenters. The Hall–Kier alpha value is -3.34. The molecule has 192 valence electrons. The fourth-order valence-electron chi connectivity index (χ4n) is 4.07. The summed E-state index contributed by atoms with van der Waals surface area (Å²) in [6.45, 7) is 8.35. The van der Waals surface area contributed by atoms with Gasteiger partial charge in [-0.1, -0.05) is 38.6 Å². The molecular weight excluding hydrogens is 478 g/mol. The fraction of sp³-hybridized carbons (Fsp3) is 0.480. The fourth-order valence-corrected chi connectivity index (χ4v) is 4.63. The first-order valence-corrected chi connectivity index (χ1v) is 13.2. The summed E-state index contributed by atoms with van der Waals surface area (Å²) in [4.78, 5) is 36.4. The highest BCUT2D eigenvalue weighted by molar-refractivity contribution is 7.99. The third-order valence-corrected chi connectivity index (χ3v) is 6.64. The summed E-state index contributed by atoms with van der Waals surface area (Å²) in [6, 6.07) is 7.31. The number of hydrogen-bond donors (Lipinski definition) is 2. The van der Waals surface area contributed by atoms with Gasteiger partial charge in [-0.05, 0) is 23.8 Å². The first kappa shape index (κ1) is 25.7. The molecule has 2 N–H and O–H groups in total. The van der Waals surface area contributed by atoms with Crippen molar-refractivity contribution in [3.63, 3.8) is 0 Å². The Morgan fingerprint density at radius 1 is 1.31 bits per heavy atom. The third kappa shape index (κ3) is 5.89. The highest BCUT2D eigenvalue weighted by Crippen LogP contribution is 2.28. The van der Waals surface area contributed by atoms with Gasteiger partial charge < -0.3 is 20.3 Å². The van der Waals surface area contributed by atoms with Crippen LogP contribution in [0.3, 0.4) is 0 Å². The van der Waals surface area contributed by atoms with Crippen LogP contribution in [-0.2, 0) is 16.1 Å². The zero-order chi connectivity index (χ0) is 25.7. The van der Waals surface area contributed by atoms with Crippen molar-refractivity contribution in [3.8, 4) is 5.75 Å². The van der Waals surface area contributed by atoms with Crippen LogP contribution in [0.2, 0.25) is 0 Å². The van der Waals surface area contributed by atoms with E-state index in [1.165, 1.54) is 0 Å². The van der Waals surface area contributed by atoms with Crippen LogP contribution < -0.4 is 20.3 Å². The van der Waals surface area contributed by atoms with Gasteiger partial charge in [0, 0.05) is 37.8 Å². The van der Waals surface area contributed by atoms with Crippen LogP contribution in [0.5, 0.6) is 5.75 Å². The largest absolute Gasteiger partial charge is 0.497 e. The van der Waals surface area contributed by atoms with Gasteiger partial charge in [0.15, 0.2) is 10.8 Å². The van der Waals surface area contributed by atoms with Gasteiger partial charge in [0.1, 0.15) is 11.6 Å². The predicted molar refractivity (Wildman–Crippen MR) is 142 cm³/mol. The summed E-state index contributed by atoms with van der Waals surface area (Å²) in [6.07, 6.45) is 1.95. The topological polar surface area (TPSA) is 114 Å². The molecule has 4 rings (SSSR count). The Morgan fingerprint density at radius 2 is 2.14 bits per heavy atom. The molecule has 0 bridgehead atoms. The molecule has 2 amide bonds. The number of nitrogens with one attached hydrogen (secondary N) is 2. The van der Waals surface area contributed by atoms with E-state index in [0.717, 1.165) is 34.8 Å². The minimum atomic E-state index is -0.403. The number of rotatable bonds is 11. The molecule has 11 heteroatoms. The van der Waals surface area contributed by atoms with Crippen molar-refractivity contribution in [2.24, 2.45) is 11.8 Å². The second-order valence-electron chi connectivity index (χ2n) is 9.07. The summed E-state index contributed by atoms with van der Waals surface area (Å²) in [5.41, 5.74) is 1.47. The number of carbonyl (C=O) groups excluding carboxylic acids is 2. The first-order valence-electron chi connectivity index (χ1n) is 12.2. The summed E-state index contributed by atoms with van der Waals surface area (Å²) in [5.74, 6) is 2.19.